The summed E-state index contributed by atoms with van der Waals surface area (Å²) < 4.78 is 0. The van der Waals surface area contributed by atoms with Gasteiger partial charge in [0.2, 0.25) is 0 Å². The first kappa shape index (κ1) is 18.3. The zero-order chi connectivity index (χ0) is 17.4. The maximum atomic E-state index is 3.56. The van der Waals surface area contributed by atoms with Crippen LogP contribution in [0, 0.1) is 27.7 Å². The van der Waals surface area contributed by atoms with Crippen LogP contribution in [-0.2, 0) is 0 Å². The molecule has 0 fully saturated rings. The fourth-order valence-corrected chi connectivity index (χ4v) is 3.01. The molecular weight excluding hydrogens is 294 g/mol. The number of rotatable bonds is 9. The molecule has 0 amide bonds. The van der Waals surface area contributed by atoms with Gasteiger partial charge in [0.05, 0.1) is 0 Å². The Kier molecular flexibility index (Phi) is 7.13. The Bertz CT molecular complexity index is 552. The van der Waals surface area contributed by atoms with Crippen LogP contribution in [-0.4, -0.2) is 26.2 Å². The molecule has 0 aliphatic heterocycles. The highest BCUT2D eigenvalue weighted by Gasteiger charge is 2.01. The van der Waals surface area contributed by atoms with E-state index in [1.165, 1.54) is 33.6 Å². The predicted molar refractivity (Wildman–Crippen MR) is 106 cm³/mol. The molecule has 0 bridgehead atoms. The van der Waals surface area contributed by atoms with Gasteiger partial charge >= 0.3 is 0 Å². The number of aryl methyl sites for hydroxylation is 4. The van der Waals surface area contributed by atoms with Crippen molar-refractivity contribution in [1.29, 1.82) is 0 Å². The van der Waals surface area contributed by atoms with E-state index in [9.17, 15) is 0 Å². The van der Waals surface area contributed by atoms with Crippen LogP contribution in [0.15, 0.2) is 36.4 Å². The lowest BCUT2D eigenvalue weighted by Crippen LogP contribution is -2.25. The molecule has 0 aliphatic rings. The van der Waals surface area contributed by atoms with Crippen LogP contribution in [0.2, 0.25) is 0 Å². The van der Waals surface area contributed by atoms with Crippen molar-refractivity contribution in [3.05, 3.63) is 58.7 Å². The highest BCUT2D eigenvalue weighted by molar-refractivity contribution is 5.57. The molecule has 0 aromatic heterocycles. The Morgan fingerprint density at radius 1 is 0.583 bits per heavy atom. The molecule has 2 rings (SSSR count). The lowest BCUT2D eigenvalue weighted by atomic mass is 10.1. The van der Waals surface area contributed by atoms with Gasteiger partial charge in [-0.25, -0.2) is 0 Å². The highest BCUT2D eigenvalue weighted by Crippen LogP contribution is 2.19. The molecule has 130 valence electrons. The Labute approximate surface area is 146 Å². The maximum absolute atomic E-state index is 3.56. The monoisotopic (exact) mass is 325 g/mol. The van der Waals surface area contributed by atoms with Crippen molar-refractivity contribution in [2.75, 3.05) is 36.8 Å². The van der Waals surface area contributed by atoms with Crippen molar-refractivity contribution >= 4 is 11.4 Å². The third kappa shape index (κ3) is 5.27. The van der Waals surface area contributed by atoms with E-state index >= 15 is 0 Å². The smallest absolute Gasteiger partial charge is 0.0400 e. The van der Waals surface area contributed by atoms with E-state index in [2.05, 4.69) is 80.0 Å². The lowest BCUT2D eigenvalue weighted by Gasteiger charge is -2.14. The predicted octanol–water partition coefficient (Wildman–Crippen LogP) is 4.42. The standard InChI is InChI=1S/C21H31N3/c1-16-8-5-9-17(2)20(16)23-13-7-12-22-14-15-24-21-18(3)10-6-11-19(21)4/h5-6,8-11,22-24H,7,12-15H2,1-4H3. The van der Waals surface area contributed by atoms with E-state index in [-0.39, 0.29) is 0 Å². The zero-order valence-electron chi connectivity index (χ0n) is 15.5. The topological polar surface area (TPSA) is 36.1 Å². The maximum Gasteiger partial charge on any atom is 0.0400 e. The minimum atomic E-state index is 0.954. The molecule has 0 unspecified atom stereocenters. The van der Waals surface area contributed by atoms with Gasteiger partial charge in [-0.15, -0.1) is 0 Å². The molecule has 0 spiro atoms. The zero-order valence-corrected chi connectivity index (χ0v) is 15.5. The molecule has 0 saturated heterocycles. The molecule has 0 aliphatic carbocycles. The molecule has 0 heterocycles. The van der Waals surface area contributed by atoms with Crippen LogP contribution in [0.4, 0.5) is 11.4 Å². The second-order valence-electron chi connectivity index (χ2n) is 6.49. The van der Waals surface area contributed by atoms with Gasteiger partial charge in [-0.2, -0.15) is 0 Å². The van der Waals surface area contributed by atoms with E-state index in [4.69, 9.17) is 0 Å². The fraction of sp³-hybridized carbons (Fsp3) is 0.429. The first-order chi connectivity index (χ1) is 11.6. The second-order valence-corrected chi connectivity index (χ2v) is 6.49. The SMILES string of the molecule is Cc1cccc(C)c1NCCCNCCNc1c(C)cccc1C. The molecule has 3 N–H and O–H groups in total. The van der Waals surface area contributed by atoms with Crippen molar-refractivity contribution in [2.45, 2.75) is 34.1 Å². The molecule has 0 saturated carbocycles. The van der Waals surface area contributed by atoms with E-state index in [0.29, 0.717) is 0 Å². The summed E-state index contributed by atoms with van der Waals surface area (Å²) in [6.45, 7) is 12.6. The van der Waals surface area contributed by atoms with Crippen LogP contribution in [0.5, 0.6) is 0 Å². The lowest BCUT2D eigenvalue weighted by molar-refractivity contribution is 0.674. The van der Waals surface area contributed by atoms with Gasteiger partial charge in [0.15, 0.2) is 0 Å². The summed E-state index contributed by atoms with van der Waals surface area (Å²) in [6.07, 6.45) is 1.12. The van der Waals surface area contributed by atoms with Gasteiger partial charge in [0.1, 0.15) is 0 Å². The minimum Gasteiger partial charge on any atom is -0.385 e. The molecule has 24 heavy (non-hydrogen) atoms. The summed E-state index contributed by atoms with van der Waals surface area (Å²) in [7, 11) is 0. The van der Waals surface area contributed by atoms with Crippen LogP contribution in [0.3, 0.4) is 0 Å². The molecule has 3 heteroatoms. The van der Waals surface area contributed by atoms with E-state index in [1.54, 1.807) is 0 Å². The molecule has 0 atom stereocenters. The van der Waals surface area contributed by atoms with Gasteiger partial charge in [0, 0.05) is 31.0 Å². The second kappa shape index (κ2) is 9.33. The number of benzene rings is 2. The summed E-state index contributed by atoms with van der Waals surface area (Å²) >= 11 is 0. The van der Waals surface area contributed by atoms with Gasteiger partial charge in [0.25, 0.3) is 0 Å². The van der Waals surface area contributed by atoms with Gasteiger partial charge in [-0.1, -0.05) is 36.4 Å². The Morgan fingerprint density at radius 3 is 1.54 bits per heavy atom. The molecule has 2 aromatic rings. The summed E-state index contributed by atoms with van der Waals surface area (Å²) in [4.78, 5) is 0. The molecular formula is C21H31N3. The largest absolute Gasteiger partial charge is 0.385 e. The van der Waals surface area contributed by atoms with Gasteiger partial charge < -0.3 is 16.0 Å². The summed E-state index contributed by atoms with van der Waals surface area (Å²) in [5, 5.41) is 10.6. The molecule has 2 aromatic carbocycles. The number of nitrogens with one attached hydrogen (secondary N) is 3. The van der Waals surface area contributed by atoms with E-state index in [1.807, 2.05) is 0 Å². The average Bonchev–Trinajstić information content (AvgIpc) is 2.54. The van der Waals surface area contributed by atoms with Crippen molar-refractivity contribution in [3.8, 4) is 0 Å². The summed E-state index contributed by atoms with van der Waals surface area (Å²) in [5.74, 6) is 0. The van der Waals surface area contributed by atoms with Gasteiger partial charge in [-0.05, 0) is 62.9 Å². The van der Waals surface area contributed by atoms with Crippen molar-refractivity contribution in [2.24, 2.45) is 0 Å². The number of hydrogen-bond donors (Lipinski definition) is 3. The number of hydrogen-bond acceptors (Lipinski definition) is 3. The van der Waals surface area contributed by atoms with Crippen LogP contribution < -0.4 is 16.0 Å². The van der Waals surface area contributed by atoms with Crippen LogP contribution in [0.1, 0.15) is 28.7 Å². The third-order valence-electron chi connectivity index (χ3n) is 4.40. The van der Waals surface area contributed by atoms with E-state index in [0.717, 1.165) is 32.6 Å². The summed E-state index contributed by atoms with van der Waals surface area (Å²) in [5.41, 5.74) is 7.83. The van der Waals surface area contributed by atoms with Crippen molar-refractivity contribution in [1.82, 2.24) is 5.32 Å². The Hall–Kier alpha value is -2.00. The van der Waals surface area contributed by atoms with Crippen molar-refractivity contribution < 1.29 is 0 Å². The number of para-hydroxylation sites is 2. The fourth-order valence-electron chi connectivity index (χ4n) is 3.01. The normalized spacial score (nSPS) is 10.7. The Balaban J connectivity index is 1.59. The first-order valence-corrected chi connectivity index (χ1v) is 8.90. The minimum absolute atomic E-state index is 0.954. The molecule has 3 nitrogen and oxygen atoms in total. The number of anilines is 2. The molecule has 0 radical (unpaired) electrons. The quantitative estimate of drug-likeness (QED) is 0.597. The average molecular weight is 326 g/mol. The first-order valence-electron chi connectivity index (χ1n) is 8.90. The van der Waals surface area contributed by atoms with Crippen LogP contribution in [0.25, 0.3) is 0 Å². The highest BCUT2D eigenvalue weighted by atomic mass is 15.0. The third-order valence-corrected chi connectivity index (χ3v) is 4.40. The summed E-state index contributed by atoms with van der Waals surface area (Å²) in [6, 6.07) is 12.8. The van der Waals surface area contributed by atoms with Crippen molar-refractivity contribution in [3.63, 3.8) is 0 Å². The van der Waals surface area contributed by atoms with Crippen LogP contribution >= 0.6 is 0 Å². The van der Waals surface area contributed by atoms with Gasteiger partial charge in [-0.3, -0.25) is 0 Å². The Morgan fingerprint density at radius 2 is 1.04 bits per heavy atom. The van der Waals surface area contributed by atoms with E-state index < -0.39 is 0 Å².